The van der Waals surface area contributed by atoms with Crippen molar-refractivity contribution in [2.24, 2.45) is 0 Å². The van der Waals surface area contributed by atoms with Crippen LogP contribution in [0.15, 0.2) is 27.6 Å². The molecule has 0 fully saturated rings. The smallest absolute Gasteiger partial charge is 0.483 e. The molecule has 0 saturated heterocycles. The minimum Gasteiger partial charge on any atom is -0.495 e. The standard InChI is InChI=1S/C8H7BrF3NO2S/c1-15-6-3-2-5(9)4-7(6)16(13,14)8(10,11)12/h2-4,13H,1H3. The first kappa shape index (κ1) is 13.3. The zero-order chi connectivity index (χ0) is 12.6. The molecular formula is C8H7BrF3NO2S. The van der Waals surface area contributed by atoms with E-state index in [4.69, 9.17) is 4.78 Å². The first-order valence-corrected chi connectivity index (χ1v) is 6.24. The van der Waals surface area contributed by atoms with E-state index in [1.54, 1.807) is 0 Å². The maximum atomic E-state index is 12.4. The van der Waals surface area contributed by atoms with Crippen molar-refractivity contribution >= 4 is 25.7 Å². The molecule has 1 unspecified atom stereocenters. The topological polar surface area (TPSA) is 50.1 Å². The summed E-state index contributed by atoms with van der Waals surface area (Å²) in [6.45, 7) is 0. The SMILES string of the molecule is COc1ccc(Br)cc1S(=N)(=O)C(F)(F)F. The average Bonchev–Trinajstić information content (AvgIpc) is 2.16. The van der Waals surface area contributed by atoms with E-state index in [0.717, 1.165) is 13.2 Å². The van der Waals surface area contributed by atoms with Crippen LogP contribution in [0.2, 0.25) is 0 Å². The summed E-state index contributed by atoms with van der Waals surface area (Å²) in [5, 5.41) is 0. The molecule has 0 spiro atoms. The van der Waals surface area contributed by atoms with Crippen molar-refractivity contribution in [3.63, 3.8) is 0 Å². The van der Waals surface area contributed by atoms with Crippen molar-refractivity contribution in [2.45, 2.75) is 10.4 Å². The Morgan fingerprint density at radius 1 is 1.44 bits per heavy atom. The van der Waals surface area contributed by atoms with Gasteiger partial charge in [-0.3, -0.25) is 0 Å². The third-order valence-electron chi connectivity index (χ3n) is 1.76. The molecule has 8 heteroatoms. The summed E-state index contributed by atoms with van der Waals surface area (Å²) in [5.74, 6) is -0.222. The predicted molar refractivity (Wildman–Crippen MR) is 55.9 cm³/mol. The highest BCUT2D eigenvalue weighted by molar-refractivity contribution is 9.10. The van der Waals surface area contributed by atoms with Crippen LogP contribution in [-0.4, -0.2) is 16.8 Å². The molecule has 0 aliphatic heterocycles. The summed E-state index contributed by atoms with van der Waals surface area (Å²) in [7, 11) is -3.75. The molecule has 90 valence electrons. The third kappa shape index (κ3) is 2.32. The van der Waals surface area contributed by atoms with Gasteiger partial charge < -0.3 is 4.74 Å². The lowest BCUT2D eigenvalue weighted by Gasteiger charge is -2.14. The third-order valence-corrected chi connectivity index (χ3v) is 3.84. The number of nitrogens with one attached hydrogen (secondary N) is 1. The van der Waals surface area contributed by atoms with Crippen molar-refractivity contribution in [2.75, 3.05) is 7.11 Å². The summed E-state index contributed by atoms with van der Waals surface area (Å²) < 4.78 is 60.6. The molecule has 0 aliphatic rings. The van der Waals surface area contributed by atoms with Crippen LogP contribution in [0, 0.1) is 4.78 Å². The largest absolute Gasteiger partial charge is 0.495 e. The summed E-state index contributed by atoms with van der Waals surface area (Å²) >= 11 is 2.95. The van der Waals surface area contributed by atoms with E-state index >= 15 is 0 Å². The van der Waals surface area contributed by atoms with Gasteiger partial charge in [0, 0.05) is 4.47 Å². The van der Waals surface area contributed by atoms with Crippen molar-refractivity contribution < 1.29 is 22.1 Å². The Labute approximate surface area is 98.7 Å². The maximum Gasteiger partial charge on any atom is 0.483 e. The quantitative estimate of drug-likeness (QED) is 0.909. The van der Waals surface area contributed by atoms with E-state index in [1.807, 2.05) is 0 Å². The second-order valence-corrected chi connectivity index (χ2v) is 5.73. The molecule has 0 aromatic heterocycles. The number of hydrogen-bond acceptors (Lipinski definition) is 3. The molecule has 0 saturated carbocycles. The van der Waals surface area contributed by atoms with Gasteiger partial charge in [-0.2, -0.15) is 13.2 Å². The Balaban J connectivity index is 3.50. The zero-order valence-corrected chi connectivity index (χ0v) is 10.4. The second-order valence-electron chi connectivity index (χ2n) is 2.80. The van der Waals surface area contributed by atoms with Gasteiger partial charge in [-0.1, -0.05) is 15.9 Å². The van der Waals surface area contributed by atoms with Gasteiger partial charge in [0.05, 0.1) is 12.0 Å². The first-order chi connectivity index (χ1) is 7.20. The van der Waals surface area contributed by atoms with Gasteiger partial charge in [0.2, 0.25) is 0 Å². The van der Waals surface area contributed by atoms with Gasteiger partial charge in [0.1, 0.15) is 5.75 Å². The lowest BCUT2D eigenvalue weighted by Crippen LogP contribution is -2.22. The molecule has 1 atom stereocenters. The fraction of sp³-hybridized carbons (Fsp3) is 0.250. The zero-order valence-electron chi connectivity index (χ0n) is 7.97. The number of methoxy groups -OCH3 is 1. The Morgan fingerprint density at radius 2 is 2.00 bits per heavy atom. The highest BCUT2D eigenvalue weighted by Gasteiger charge is 2.44. The van der Waals surface area contributed by atoms with Crippen LogP contribution in [0.1, 0.15) is 0 Å². The highest BCUT2D eigenvalue weighted by atomic mass is 79.9. The summed E-state index contributed by atoms with van der Waals surface area (Å²) in [5.41, 5.74) is -5.12. The highest BCUT2D eigenvalue weighted by Crippen LogP contribution is 2.37. The van der Waals surface area contributed by atoms with Crippen LogP contribution in [-0.2, 0) is 9.73 Å². The van der Waals surface area contributed by atoms with E-state index in [-0.39, 0.29) is 5.75 Å². The predicted octanol–water partition coefficient (Wildman–Crippen LogP) is 3.38. The molecular weight excluding hydrogens is 311 g/mol. The minimum absolute atomic E-state index is 0.222. The molecule has 1 N–H and O–H groups in total. The van der Waals surface area contributed by atoms with Crippen molar-refractivity contribution in [1.82, 2.24) is 0 Å². The van der Waals surface area contributed by atoms with Crippen molar-refractivity contribution in [1.29, 1.82) is 4.78 Å². The monoisotopic (exact) mass is 317 g/mol. The molecule has 1 rings (SSSR count). The average molecular weight is 318 g/mol. The van der Waals surface area contributed by atoms with Crippen LogP contribution in [0.4, 0.5) is 13.2 Å². The van der Waals surface area contributed by atoms with Crippen LogP contribution in [0.25, 0.3) is 0 Å². The summed E-state index contributed by atoms with van der Waals surface area (Å²) in [4.78, 5) is -0.683. The number of benzene rings is 1. The van der Waals surface area contributed by atoms with Crippen LogP contribution >= 0.6 is 15.9 Å². The Hall–Kier alpha value is -0.760. The van der Waals surface area contributed by atoms with Gasteiger partial charge in [-0.25, -0.2) is 8.99 Å². The normalized spacial score (nSPS) is 15.6. The van der Waals surface area contributed by atoms with Gasteiger partial charge in [0.25, 0.3) is 0 Å². The molecule has 0 amide bonds. The van der Waals surface area contributed by atoms with Crippen molar-refractivity contribution in [3.8, 4) is 5.75 Å². The Morgan fingerprint density at radius 3 is 2.44 bits per heavy atom. The van der Waals surface area contributed by atoms with E-state index in [1.165, 1.54) is 12.1 Å². The second kappa shape index (κ2) is 4.25. The molecule has 0 bridgehead atoms. The van der Waals surface area contributed by atoms with Gasteiger partial charge in [0.15, 0.2) is 9.73 Å². The van der Waals surface area contributed by atoms with Crippen LogP contribution < -0.4 is 4.74 Å². The van der Waals surface area contributed by atoms with Gasteiger partial charge in [-0.05, 0) is 18.2 Å². The fourth-order valence-corrected chi connectivity index (χ4v) is 2.49. The molecule has 16 heavy (non-hydrogen) atoms. The fourth-order valence-electron chi connectivity index (χ4n) is 1.000. The van der Waals surface area contributed by atoms with E-state index in [9.17, 15) is 17.4 Å². The van der Waals surface area contributed by atoms with E-state index < -0.39 is 20.1 Å². The van der Waals surface area contributed by atoms with E-state index in [2.05, 4.69) is 20.7 Å². The number of ether oxygens (including phenoxy) is 1. The minimum atomic E-state index is -5.12. The molecule has 0 aliphatic carbocycles. The first-order valence-electron chi connectivity index (χ1n) is 3.89. The Kier molecular flexibility index (Phi) is 3.53. The lowest BCUT2D eigenvalue weighted by molar-refractivity contribution is -0.0407. The van der Waals surface area contributed by atoms with Crippen LogP contribution in [0.5, 0.6) is 5.75 Å². The number of hydrogen-bond donors (Lipinski definition) is 1. The molecule has 0 radical (unpaired) electrons. The number of alkyl halides is 3. The van der Waals surface area contributed by atoms with Crippen molar-refractivity contribution in [3.05, 3.63) is 22.7 Å². The molecule has 1 aromatic rings. The van der Waals surface area contributed by atoms with E-state index in [0.29, 0.717) is 4.47 Å². The number of halogens is 4. The summed E-state index contributed by atoms with van der Waals surface area (Å²) in [6, 6.07) is 3.63. The number of rotatable bonds is 2. The molecule has 1 aromatic carbocycles. The molecule has 0 heterocycles. The Bertz CT molecular complexity index is 498. The summed E-state index contributed by atoms with van der Waals surface area (Å²) in [6.07, 6.45) is 0. The van der Waals surface area contributed by atoms with Gasteiger partial charge >= 0.3 is 5.51 Å². The van der Waals surface area contributed by atoms with Gasteiger partial charge in [-0.15, -0.1) is 0 Å². The van der Waals surface area contributed by atoms with Crippen LogP contribution in [0.3, 0.4) is 0 Å². The molecule has 3 nitrogen and oxygen atoms in total. The maximum absolute atomic E-state index is 12.4. The lowest BCUT2D eigenvalue weighted by atomic mass is 10.3.